The Morgan fingerprint density at radius 1 is 1.36 bits per heavy atom. The maximum atomic E-state index is 14.3. The van der Waals surface area contributed by atoms with Crippen LogP contribution in [0.2, 0.25) is 0 Å². The first-order valence-corrected chi connectivity index (χ1v) is 8.76. The predicted molar refractivity (Wildman–Crippen MR) is 97.4 cm³/mol. The van der Waals surface area contributed by atoms with E-state index in [2.05, 4.69) is 10.1 Å². The molecule has 4 rings (SSSR count). The highest BCUT2D eigenvalue weighted by molar-refractivity contribution is 7.22. The van der Waals surface area contributed by atoms with Gasteiger partial charge < -0.3 is 15.0 Å². The van der Waals surface area contributed by atoms with Gasteiger partial charge in [0.2, 0.25) is 0 Å². The van der Waals surface area contributed by atoms with Crippen molar-refractivity contribution in [1.29, 1.82) is 0 Å². The fourth-order valence-electron chi connectivity index (χ4n) is 3.37. The number of rotatable bonds is 4. The van der Waals surface area contributed by atoms with Gasteiger partial charge in [-0.1, -0.05) is 24.1 Å². The van der Waals surface area contributed by atoms with Crippen LogP contribution in [0.4, 0.5) is 4.39 Å². The van der Waals surface area contributed by atoms with Crippen LogP contribution in [0.15, 0.2) is 22.7 Å². The number of fused-ring (bicyclic) bond motifs is 1. The van der Waals surface area contributed by atoms with Gasteiger partial charge in [0.1, 0.15) is 5.82 Å². The first-order valence-electron chi connectivity index (χ1n) is 7.95. The summed E-state index contributed by atoms with van der Waals surface area (Å²) in [5, 5.41) is 4.66. The molecule has 1 aromatic carbocycles. The number of nitrogens with two attached hydrogens (primary N) is 1. The zero-order chi connectivity index (χ0) is 16.7. The minimum atomic E-state index is -0.509. The van der Waals surface area contributed by atoms with E-state index in [1.54, 1.807) is 13.2 Å². The van der Waals surface area contributed by atoms with Crippen LogP contribution in [0.3, 0.4) is 0 Å². The molecule has 0 unspecified atom stereocenters. The van der Waals surface area contributed by atoms with Crippen molar-refractivity contribution in [3.8, 4) is 10.8 Å². The number of aromatic nitrogens is 2. The Bertz CT molecular complexity index is 889. The van der Waals surface area contributed by atoms with Crippen LogP contribution in [0.25, 0.3) is 20.9 Å². The molecule has 0 saturated heterocycles. The number of ether oxygens (including phenoxy) is 1. The minimum absolute atomic E-state index is 0. The summed E-state index contributed by atoms with van der Waals surface area (Å²) in [6.45, 7) is 0.280. The number of halogens is 2. The average molecular weight is 384 g/mol. The first kappa shape index (κ1) is 18.3. The van der Waals surface area contributed by atoms with E-state index in [1.807, 2.05) is 6.07 Å². The highest BCUT2D eigenvalue weighted by Gasteiger charge is 2.36. The normalized spacial score (nSPS) is 16.3. The van der Waals surface area contributed by atoms with Crippen molar-refractivity contribution in [3.63, 3.8) is 0 Å². The van der Waals surface area contributed by atoms with Gasteiger partial charge in [-0.3, -0.25) is 0 Å². The predicted octanol–water partition coefficient (Wildman–Crippen LogP) is 4.39. The number of hydrogen-bond donors (Lipinski definition) is 1. The van der Waals surface area contributed by atoms with Crippen LogP contribution in [0, 0.1) is 5.82 Å². The third-order valence-corrected chi connectivity index (χ3v) is 5.80. The third kappa shape index (κ3) is 3.06. The van der Waals surface area contributed by atoms with Crippen LogP contribution < -0.4 is 5.73 Å². The van der Waals surface area contributed by atoms with Crippen LogP contribution in [-0.4, -0.2) is 17.3 Å². The second-order valence-electron chi connectivity index (χ2n) is 6.24. The summed E-state index contributed by atoms with van der Waals surface area (Å²) in [6.07, 6.45) is 3.86. The summed E-state index contributed by atoms with van der Waals surface area (Å²) < 4.78 is 25.8. The molecule has 0 atom stereocenters. The smallest absolute Gasteiger partial charge is 0.268 e. The van der Waals surface area contributed by atoms with Crippen molar-refractivity contribution >= 4 is 33.8 Å². The Hall–Kier alpha value is -1.54. The van der Waals surface area contributed by atoms with Gasteiger partial charge in [-0.05, 0) is 25.0 Å². The maximum Gasteiger partial charge on any atom is 0.268 e. The van der Waals surface area contributed by atoms with Gasteiger partial charge in [0.05, 0.1) is 17.0 Å². The number of thiophene rings is 1. The van der Waals surface area contributed by atoms with Crippen molar-refractivity contribution in [3.05, 3.63) is 35.4 Å². The monoisotopic (exact) mass is 383 g/mol. The van der Waals surface area contributed by atoms with E-state index in [0.29, 0.717) is 17.1 Å². The molecule has 25 heavy (non-hydrogen) atoms. The first-order chi connectivity index (χ1) is 11.6. The molecule has 3 aromatic rings. The van der Waals surface area contributed by atoms with Gasteiger partial charge >= 0.3 is 0 Å². The van der Waals surface area contributed by atoms with Crippen LogP contribution in [0.1, 0.15) is 37.1 Å². The highest BCUT2D eigenvalue weighted by atomic mass is 35.5. The summed E-state index contributed by atoms with van der Waals surface area (Å²) in [5.41, 5.74) is 6.63. The highest BCUT2D eigenvalue weighted by Crippen LogP contribution is 2.41. The van der Waals surface area contributed by atoms with Gasteiger partial charge in [-0.2, -0.15) is 4.98 Å². The Morgan fingerprint density at radius 3 is 2.84 bits per heavy atom. The lowest BCUT2D eigenvalue weighted by atomic mass is 9.99. The van der Waals surface area contributed by atoms with E-state index in [4.69, 9.17) is 15.0 Å². The van der Waals surface area contributed by atoms with Crippen molar-refractivity contribution in [1.82, 2.24) is 10.1 Å². The van der Waals surface area contributed by atoms with Gasteiger partial charge in [0.15, 0.2) is 5.82 Å². The van der Waals surface area contributed by atoms with Crippen molar-refractivity contribution in [2.45, 2.75) is 37.8 Å². The summed E-state index contributed by atoms with van der Waals surface area (Å²) in [6, 6.07) is 5.02. The average Bonchev–Trinajstić information content (AvgIpc) is 3.27. The number of benzene rings is 1. The summed E-state index contributed by atoms with van der Waals surface area (Å²) in [4.78, 5) is 5.28. The molecule has 2 aromatic heterocycles. The molecule has 0 bridgehead atoms. The number of nitrogens with zero attached hydrogens (tertiary/aromatic N) is 2. The topological polar surface area (TPSA) is 74.2 Å². The molecule has 8 heteroatoms. The minimum Gasteiger partial charge on any atom is -0.380 e. The van der Waals surface area contributed by atoms with E-state index in [0.717, 1.165) is 40.8 Å². The lowest BCUT2D eigenvalue weighted by Crippen LogP contribution is -2.34. The van der Waals surface area contributed by atoms with E-state index < -0.39 is 5.54 Å². The molecule has 5 nitrogen and oxygen atoms in total. The molecule has 1 fully saturated rings. The molecule has 1 aliphatic rings. The largest absolute Gasteiger partial charge is 0.380 e. The quantitative estimate of drug-likeness (QED) is 0.723. The Morgan fingerprint density at radius 2 is 2.12 bits per heavy atom. The van der Waals surface area contributed by atoms with Gasteiger partial charge in [0.25, 0.3) is 5.89 Å². The van der Waals surface area contributed by atoms with E-state index in [-0.39, 0.29) is 24.8 Å². The van der Waals surface area contributed by atoms with Crippen LogP contribution in [-0.2, 0) is 16.9 Å². The van der Waals surface area contributed by atoms with Crippen molar-refractivity contribution in [2.24, 2.45) is 5.73 Å². The van der Waals surface area contributed by atoms with E-state index in [9.17, 15) is 4.39 Å². The molecule has 0 amide bonds. The molecule has 2 heterocycles. The fraction of sp³-hybridized carbons (Fsp3) is 0.412. The van der Waals surface area contributed by atoms with Gasteiger partial charge in [-0.15, -0.1) is 23.7 Å². The second-order valence-corrected chi connectivity index (χ2v) is 7.29. The molecule has 0 radical (unpaired) electrons. The van der Waals surface area contributed by atoms with Crippen molar-refractivity contribution in [2.75, 3.05) is 7.11 Å². The zero-order valence-electron chi connectivity index (χ0n) is 13.8. The Kier molecular flexibility index (Phi) is 5.11. The fourth-order valence-corrected chi connectivity index (χ4v) is 4.51. The summed E-state index contributed by atoms with van der Waals surface area (Å²) in [7, 11) is 1.58. The molecule has 1 aliphatic carbocycles. The summed E-state index contributed by atoms with van der Waals surface area (Å²) in [5.74, 6) is 0.651. The third-order valence-electron chi connectivity index (χ3n) is 4.61. The molecule has 1 saturated carbocycles. The van der Waals surface area contributed by atoms with Crippen LogP contribution in [0.5, 0.6) is 0 Å². The zero-order valence-corrected chi connectivity index (χ0v) is 15.4. The Balaban J connectivity index is 0.00000182. The summed E-state index contributed by atoms with van der Waals surface area (Å²) >= 11 is 1.43. The van der Waals surface area contributed by atoms with E-state index >= 15 is 0 Å². The molecule has 0 spiro atoms. The molecule has 2 N–H and O–H groups in total. The lowest BCUT2D eigenvalue weighted by Gasteiger charge is -2.17. The van der Waals surface area contributed by atoms with Crippen molar-refractivity contribution < 1.29 is 13.7 Å². The lowest BCUT2D eigenvalue weighted by molar-refractivity contribution is 0.186. The molecule has 134 valence electrons. The van der Waals surface area contributed by atoms with Crippen LogP contribution >= 0.6 is 23.7 Å². The van der Waals surface area contributed by atoms with Gasteiger partial charge in [-0.25, -0.2) is 4.39 Å². The second kappa shape index (κ2) is 6.99. The van der Waals surface area contributed by atoms with E-state index in [1.165, 1.54) is 17.4 Å². The molecular weight excluding hydrogens is 365 g/mol. The Labute approximate surface area is 154 Å². The number of methoxy groups -OCH3 is 1. The number of hydrogen-bond acceptors (Lipinski definition) is 6. The van der Waals surface area contributed by atoms with Gasteiger partial charge in [0, 0.05) is 22.8 Å². The standard InChI is InChI=1S/C17H18FN3O2S.ClH/c1-22-9-10-13-11(18)5-4-6-12(13)24-14(10)15-20-16(21-23-15)17(19)7-2-3-8-17;/h4-6H,2-3,7-9,19H2,1H3;1H. The maximum absolute atomic E-state index is 14.3. The molecular formula is C17H19ClFN3O2S. The molecule has 0 aliphatic heterocycles. The SMILES string of the molecule is COCc1c(-c2nc(C3(N)CCCC3)no2)sc2cccc(F)c12.Cl.